The molecule has 112 valence electrons. The summed E-state index contributed by atoms with van der Waals surface area (Å²) in [4.78, 5) is 1.24. The molecule has 0 aliphatic heterocycles. The topological polar surface area (TPSA) is 9.23 Å². The van der Waals surface area contributed by atoms with Crippen LogP contribution in [0, 0.1) is 0 Å². The van der Waals surface area contributed by atoms with Gasteiger partial charge in [-0.25, -0.2) is 0 Å². The number of benzene rings is 2. The number of hydrogen-bond acceptors (Lipinski definition) is 2. The largest absolute Gasteiger partial charge is 0.492 e. The highest BCUT2D eigenvalue weighted by molar-refractivity contribution is 9.10. The summed E-state index contributed by atoms with van der Waals surface area (Å²) in [5.74, 6) is 0.863. The van der Waals surface area contributed by atoms with Crippen molar-refractivity contribution >= 4 is 39.3 Å². The quantitative estimate of drug-likeness (QED) is 0.427. The van der Waals surface area contributed by atoms with E-state index in [-0.39, 0.29) is 5.38 Å². The molecule has 0 radical (unpaired) electrons. The average molecular weight is 386 g/mol. The van der Waals surface area contributed by atoms with Crippen LogP contribution in [0.15, 0.2) is 51.8 Å². The number of rotatable bonds is 6. The third-order valence-corrected chi connectivity index (χ3v) is 4.99. The molecule has 0 saturated carbocycles. The van der Waals surface area contributed by atoms with Crippen LogP contribution >= 0.6 is 39.3 Å². The predicted octanol–water partition coefficient (Wildman–Crippen LogP) is 6.29. The van der Waals surface area contributed by atoms with Crippen molar-refractivity contribution in [2.24, 2.45) is 0 Å². The smallest absolute Gasteiger partial charge is 0.133 e. The van der Waals surface area contributed by atoms with Crippen LogP contribution in [-0.2, 0) is 0 Å². The van der Waals surface area contributed by atoms with Crippen LogP contribution in [0.3, 0.4) is 0 Å². The van der Waals surface area contributed by atoms with E-state index in [0.29, 0.717) is 0 Å². The maximum Gasteiger partial charge on any atom is 0.133 e. The molecule has 0 fully saturated rings. The van der Waals surface area contributed by atoms with Gasteiger partial charge in [0.1, 0.15) is 5.75 Å². The predicted molar refractivity (Wildman–Crippen MR) is 95.8 cm³/mol. The van der Waals surface area contributed by atoms with Crippen molar-refractivity contribution in [1.29, 1.82) is 0 Å². The zero-order valence-electron chi connectivity index (χ0n) is 12.1. The van der Waals surface area contributed by atoms with Crippen LogP contribution < -0.4 is 4.74 Å². The second kappa shape index (κ2) is 8.11. The lowest BCUT2D eigenvalue weighted by atomic mass is 10.0. The molecule has 2 aromatic carbocycles. The summed E-state index contributed by atoms with van der Waals surface area (Å²) in [6.45, 7) is 2.81. The fourth-order valence-corrected chi connectivity index (χ4v) is 3.17. The highest BCUT2D eigenvalue weighted by atomic mass is 79.9. The molecule has 0 heterocycles. The van der Waals surface area contributed by atoms with E-state index in [9.17, 15) is 0 Å². The van der Waals surface area contributed by atoms with Crippen LogP contribution in [0.5, 0.6) is 5.75 Å². The molecule has 2 aromatic rings. The van der Waals surface area contributed by atoms with Crippen molar-refractivity contribution in [3.8, 4) is 5.75 Å². The van der Waals surface area contributed by atoms with Gasteiger partial charge in [0.15, 0.2) is 0 Å². The summed E-state index contributed by atoms with van der Waals surface area (Å²) < 4.78 is 6.61. The van der Waals surface area contributed by atoms with Gasteiger partial charge < -0.3 is 4.74 Å². The van der Waals surface area contributed by atoms with E-state index < -0.39 is 0 Å². The fourth-order valence-electron chi connectivity index (χ4n) is 1.97. The molecule has 0 amide bonds. The minimum atomic E-state index is -0.155. The molecule has 0 aliphatic rings. The molecule has 0 aromatic heterocycles. The van der Waals surface area contributed by atoms with Crippen molar-refractivity contribution in [2.75, 3.05) is 12.9 Å². The molecule has 4 heteroatoms. The van der Waals surface area contributed by atoms with Crippen LogP contribution in [0.4, 0.5) is 0 Å². The lowest BCUT2D eigenvalue weighted by molar-refractivity contribution is 0.315. The Morgan fingerprint density at radius 1 is 1.14 bits per heavy atom. The monoisotopic (exact) mass is 384 g/mol. The molecule has 1 atom stereocenters. The molecule has 0 saturated heterocycles. The SMILES string of the molecule is CCCOc1ccc(C(Cl)c2ccc(SC)cc2)cc1Br. The number of ether oxygens (including phenoxy) is 1. The number of hydrogen-bond donors (Lipinski definition) is 0. The third kappa shape index (κ3) is 4.41. The summed E-state index contributed by atoms with van der Waals surface area (Å²) >= 11 is 11.9. The van der Waals surface area contributed by atoms with E-state index in [0.717, 1.165) is 34.4 Å². The Hall–Kier alpha value is -0.640. The lowest BCUT2D eigenvalue weighted by Crippen LogP contribution is -1.98. The van der Waals surface area contributed by atoms with Gasteiger partial charge in [0.25, 0.3) is 0 Å². The van der Waals surface area contributed by atoms with Crippen molar-refractivity contribution in [3.63, 3.8) is 0 Å². The maximum absolute atomic E-state index is 6.59. The van der Waals surface area contributed by atoms with Gasteiger partial charge in [-0.3, -0.25) is 0 Å². The van der Waals surface area contributed by atoms with E-state index in [4.69, 9.17) is 16.3 Å². The molecule has 2 rings (SSSR count). The fraction of sp³-hybridized carbons (Fsp3) is 0.294. The van der Waals surface area contributed by atoms with Gasteiger partial charge in [-0.05, 0) is 64.0 Å². The lowest BCUT2D eigenvalue weighted by Gasteiger charge is -2.13. The minimum absolute atomic E-state index is 0.155. The summed E-state index contributed by atoms with van der Waals surface area (Å²) in [6.07, 6.45) is 3.06. The van der Waals surface area contributed by atoms with Gasteiger partial charge in [-0.2, -0.15) is 0 Å². The summed E-state index contributed by atoms with van der Waals surface area (Å²) in [5.41, 5.74) is 2.16. The van der Waals surface area contributed by atoms with Gasteiger partial charge in [-0.1, -0.05) is 25.1 Å². The van der Waals surface area contributed by atoms with Gasteiger partial charge in [-0.15, -0.1) is 23.4 Å². The molecule has 21 heavy (non-hydrogen) atoms. The van der Waals surface area contributed by atoms with Crippen LogP contribution in [0.2, 0.25) is 0 Å². The Balaban J connectivity index is 2.18. The van der Waals surface area contributed by atoms with E-state index in [1.54, 1.807) is 11.8 Å². The second-order valence-corrected chi connectivity index (χ2v) is 6.84. The first kappa shape index (κ1) is 16.7. The summed E-state index contributed by atoms with van der Waals surface area (Å²) in [6, 6.07) is 14.4. The normalized spacial score (nSPS) is 12.2. The van der Waals surface area contributed by atoms with Crippen LogP contribution in [-0.4, -0.2) is 12.9 Å². The van der Waals surface area contributed by atoms with Gasteiger partial charge >= 0.3 is 0 Å². The Labute approximate surface area is 144 Å². The number of alkyl halides is 1. The average Bonchev–Trinajstić information content (AvgIpc) is 2.53. The van der Waals surface area contributed by atoms with Crippen molar-refractivity contribution in [3.05, 3.63) is 58.1 Å². The Morgan fingerprint density at radius 3 is 2.38 bits per heavy atom. The van der Waals surface area contributed by atoms with E-state index in [2.05, 4.69) is 53.4 Å². The van der Waals surface area contributed by atoms with Crippen molar-refractivity contribution in [1.82, 2.24) is 0 Å². The van der Waals surface area contributed by atoms with Gasteiger partial charge in [0.05, 0.1) is 16.5 Å². The Kier molecular flexibility index (Phi) is 6.46. The minimum Gasteiger partial charge on any atom is -0.492 e. The van der Waals surface area contributed by atoms with Gasteiger partial charge in [0.2, 0.25) is 0 Å². The molecule has 0 spiro atoms. The molecule has 1 nitrogen and oxygen atoms in total. The van der Waals surface area contributed by atoms with Crippen molar-refractivity contribution in [2.45, 2.75) is 23.6 Å². The molecular weight excluding hydrogens is 368 g/mol. The molecule has 0 N–H and O–H groups in total. The first-order valence-electron chi connectivity index (χ1n) is 6.86. The van der Waals surface area contributed by atoms with E-state index >= 15 is 0 Å². The zero-order chi connectivity index (χ0) is 15.2. The van der Waals surface area contributed by atoms with Crippen molar-refractivity contribution < 1.29 is 4.74 Å². The zero-order valence-corrected chi connectivity index (χ0v) is 15.3. The third-order valence-electron chi connectivity index (χ3n) is 3.12. The summed E-state index contributed by atoms with van der Waals surface area (Å²) in [5, 5.41) is -0.155. The number of thioether (sulfide) groups is 1. The highest BCUT2D eigenvalue weighted by Crippen LogP contribution is 2.34. The summed E-state index contributed by atoms with van der Waals surface area (Å²) in [7, 11) is 0. The second-order valence-electron chi connectivity index (χ2n) is 4.67. The molecule has 0 aliphatic carbocycles. The van der Waals surface area contributed by atoms with E-state index in [1.807, 2.05) is 18.2 Å². The molecule has 0 bridgehead atoms. The Morgan fingerprint density at radius 2 is 1.81 bits per heavy atom. The van der Waals surface area contributed by atoms with Crippen LogP contribution in [0.1, 0.15) is 29.8 Å². The first-order chi connectivity index (χ1) is 10.2. The maximum atomic E-state index is 6.59. The molecule has 1 unspecified atom stereocenters. The highest BCUT2D eigenvalue weighted by Gasteiger charge is 2.13. The van der Waals surface area contributed by atoms with E-state index in [1.165, 1.54) is 4.90 Å². The van der Waals surface area contributed by atoms with Crippen LogP contribution in [0.25, 0.3) is 0 Å². The standard InChI is InChI=1S/C17H18BrClOS/c1-3-10-20-16-9-6-13(11-15(16)18)17(19)12-4-7-14(21-2)8-5-12/h4-9,11,17H,3,10H2,1-2H3. The van der Waals surface area contributed by atoms with Gasteiger partial charge in [0, 0.05) is 4.90 Å². The molecular formula is C17H18BrClOS. The Bertz CT molecular complexity index is 586. The first-order valence-corrected chi connectivity index (χ1v) is 9.31. The number of halogens is 2.